The molecule has 3 aromatic carbocycles. The van der Waals surface area contributed by atoms with Crippen LogP contribution in [0.1, 0.15) is 58.5 Å². The fraction of sp³-hybridized carbons (Fsp3) is 0.375. The molecule has 0 unspecified atom stereocenters. The normalized spacial score (nSPS) is 12.5. The minimum atomic E-state index is -0.865. The molecule has 2 atom stereocenters. The van der Waals surface area contributed by atoms with E-state index in [4.69, 9.17) is 0 Å². The highest BCUT2D eigenvalue weighted by molar-refractivity contribution is 5.99. The molecule has 3 rings (SSSR count). The third-order valence-corrected chi connectivity index (χ3v) is 6.56. The maximum Gasteiger partial charge on any atom is 0.253 e. The number of halogens is 1. The predicted octanol–water partition coefficient (Wildman–Crippen LogP) is 4.62. The molecule has 0 aliphatic heterocycles. The van der Waals surface area contributed by atoms with Gasteiger partial charge < -0.3 is 20.6 Å². The number of nitrogens with zero attached hydrogens (tertiary/aromatic N) is 1. The van der Waals surface area contributed by atoms with Gasteiger partial charge in [0.05, 0.1) is 12.1 Å². The first-order valence-corrected chi connectivity index (χ1v) is 13.8. The van der Waals surface area contributed by atoms with Gasteiger partial charge >= 0.3 is 0 Å². The van der Waals surface area contributed by atoms with Gasteiger partial charge in [-0.05, 0) is 73.7 Å². The van der Waals surface area contributed by atoms with Gasteiger partial charge in [0.25, 0.3) is 11.8 Å². The molecule has 3 aromatic rings. The average molecular weight is 534 g/mol. The van der Waals surface area contributed by atoms with Crippen LogP contribution in [-0.4, -0.2) is 60.1 Å². The molecule has 0 saturated heterocycles. The number of rotatable bonds is 15. The molecule has 0 aliphatic rings. The van der Waals surface area contributed by atoms with E-state index in [2.05, 4.69) is 10.6 Å². The maximum absolute atomic E-state index is 13.4. The van der Waals surface area contributed by atoms with E-state index in [-0.39, 0.29) is 24.2 Å². The molecule has 0 fully saturated rings. The number of carbonyl (C=O) groups is 2. The van der Waals surface area contributed by atoms with Crippen LogP contribution in [0.4, 0.5) is 4.39 Å². The van der Waals surface area contributed by atoms with Crippen LogP contribution < -0.4 is 10.6 Å². The Labute approximate surface area is 231 Å². The Hall–Kier alpha value is -3.55. The Morgan fingerprint density at radius 2 is 1.54 bits per heavy atom. The molecule has 0 bridgehead atoms. The van der Waals surface area contributed by atoms with E-state index in [0.717, 1.165) is 24.0 Å². The van der Waals surface area contributed by atoms with Gasteiger partial charge in [-0.3, -0.25) is 9.59 Å². The van der Waals surface area contributed by atoms with Crippen molar-refractivity contribution in [3.05, 3.63) is 107 Å². The summed E-state index contributed by atoms with van der Waals surface area (Å²) in [5, 5.41) is 17.3. The van der Waals surface area contributed by atoms with E-state index in [1.54, 1.807) is 30.3 Å². The summed E-state index contributed by atoms with van der Waals surface area (Å²) in [4.78, 5) is 28.2. The zero-order valence-corrected chi connectivity index (χ0v) is 22.9. The van der Waals surface area contributed by atoms with E-state index in [9.17, 15) is 19.1 Å². The van der Waals surface area contributed by atoms with E-state index >= 15 is 0 Å². The van der Waals surface area contributed by atoms with E-state index in [1.807, 2.05) is 55.1 Å². The summed E-state index contributed by atoms with van der Waals surface area (Å²) in [5.41, 5.74) is 2.71. The molecular weight excluding hydrogens is 493 g/mol. The first kappa shape index (κ1) is 30.0. The summed E-state index contributed by atoms with van der Waals surface area (Å²) in [6.45, 7) is 6.22. The van der Waals surface area contributed by atoms with Gasteiger partial charge in [0.1, 0.15) is 5.82 Å². The smallest absolute Gasteiger partial charge is 0.253 e. The van der Waals surface area contributed by atoms with Crippen molar-refractivity contribution in [2.75, 3.05) is 26.2 Å². The molecule has 0 aromatic heterocycles. The van der Waals surface area contributed by atoms with Crippen LogP contribution in [0.5, 0.6) is 0 Å². The molecule has 2 amide bonds. The Bertz CT molecular complexity index is 1180. The average Bonchev–Trinajstić information content (AvgIpc) is 2.95. The first-order valence-electron chi connectivity index (χ1n) is 13.8. The minimum Gasteiger partial charge on any atom is -0.390 e. The number of carbonyl (C=O) groups excluding carboxylic acids is 2. The minimum absolute atomic E-state index is 0.0864. The van der Waals surface area contributed by atoms with Gasteiger partial charge in [-0.2, -0.15) is 0 Å². The van der Waals surface area contributed by atoms with Crippen LogP contribution in [0.2, 0.25) is 0 Å². The number of benzene rings is 3. The van der Waals surface area contributed by atoms with Crippen molar-refractivity contribution in [2.24, 2.45) is 0 Å². The number of aliphatic hydroxyl groups excluding tert-OH is 1. The van der Waals surface area contributed by atoms with Gasteiger partial charge in [-0.1, -0.05) is 62.4 Å². The molecule has 0 spiro atoms. The van der Waals surface area contributed by atoms with E-state index in [0.29, 0.717) is 43.6 Å². The number of hydrogen-bond acceptors (Lipinski definition) is 4. The van der Waals surface area contributed by atoms with Crippen LogP contribution in [-0.2, 0) is 12.8 Å². The summed E-state index contributed by atoms with van der Waals surface area (Å²) in [6.07, 6.45) is 1.92. The van der Waals surface area contributed by atoms with Crippen LogP contribution >= 0.6 is 0 Å². The van der Waals surface area contributed by atoms with E-state index < -0.39 is 12.1 Å². The van der Waals surface area contributed by atoms with Crippen molar-refractivity contribution in [3.63, 3.8) is 0 Å². The highest BCUT2D eigenvalue weighted by Gasteiger charge is 2.23. The summed E-state index contributed by atoms with van der Waals surface area (Å²) in [7, 11) is 0. The zero-order chi connectivity index (χ0) is 28.0. The largest absolute Gasteiger partial charge is 0.390 e. The highest BCUT2D eigenvalue weighted by Crippen LogP contribution is 2.12. The third kappa shape index (κ3) is 9.61. The second-order valence-corrected chi connectivity index (χ2v) is 9.79. The van der Waals surface area contributed by atoms with Crippen molar-refractivity contribution >= 4 is 11.8 Å². The summed E-state index contributed by atoms with van der Waals surface area (Å²) in [6, 6.07) is 22.3. The van der Waals surface area contributed by atoms with Gasteiger partial charge in [-0.15, -0.1) is 0 Å². The lowest BCUT2D eigenvalue weighted by Gasteiger charge is -2.25. The monoisotopic (exact) mass is 533 g/mol. The van der Waals surface area contributed by atoms with Crippen molar-refractivity contribution in [3.8, 4) is 0 Å². The lowest BCUT2D eigenvalue weighted by Crippen LogP contribution is -2.49. The van der Waals surface area contributed by atoms with Crippen LogP contribution in [0, 0.1) is 5.82 Å². The summed E-state index contributed by atoms with van der Waals surface area (Å²) >= 11 is 0. The Morgan fingerprint density at radius 3 is 2.23 bits per heavy atom. The molecule has 0 saturated carbocycles. The van der Waals surface area contributed by atoms with Crippen LogP contribution in [0.3, 0.4) is 0 Å². The molecule has 3 N–H and O–H groups in total. The van der Waals surface area contributed by atoms with Crippen molar-refractivity contribution < 1.29 is 19.1 Å². The van der Waals surface area contributed by atoms with Crippen molar-refractivity contribution in [1.29, 1.82) is 0 Å². The fourth-order valence-corrected chi connectivity index (χ4v) is 4.55. The molecule has 6 nitrogen and oxygen atoms in total. The molecule has 0 aliphatic carbocycles. The maximum atomic E-state index is 13.4. The Balaban J connectivity index is 1.67. The summed E-state index contributed by atoms with van der Waals surface area (Å²) in [5.74, 6) is -0.703. The lowest BCUT2D eigenvalue weighted by atomic mass is 10.00. The second-order valence-electron chi connectivity index (χ2n) is 9.79. The van der Waals surface area contributed by atoms with Crippen LogP contribution in [0.25, 0.3) is 0 Å². The van der Waals surface area contributed by atoms with Gasteiger partial charge in [-0.25, -0.2) is 4.39 Å². The third-order valence-electron chi connectivity index (χ3n) is 6.56. The van der Waals surface area contributed by atoms with E-state index in [1.165, 1.54) is 12.1 Å². The quantitative estimate of drug-likeness (QED) is 0.249. The second kappa shape index (κ2) is 15.8. The van der Waals surface area contributed by atoms with Crippen LogP contribution in [0.15, 0.2) is 78.9 Å². The Kier molecular flexibility index (Phi) is 12.1. The fourth-order valence-electron chi connectivity index (χ4n) is 4.55. The molecule has 39 heavy (non-hydrogen) atoms. The predicted molar refractivity (Wildman–Crippen MR) is 153 cm³/mol. The SMILES string of the molecule is CCCN(CCC)C(=O)c1cccc(C(=O)N[C@@H](Cc2ccccc2)[C@H](O)CNCCc2cccc(F)c2)c1. The van der Waals surface area contributed by atoms with Gasteiger partial charge in [0, 0.05) is 30.8 Å². The standard InChI is InChI=1S/C32H40FN3O3/c1-3-18-36(19-4-2)32(39)27-14-9-13-26(22-27)31(38)35-29(21-24-10-6-5-7-11-24)30(37)23-34-17-16-25-12-8-15-28(33)20-25/h5-15,20,22,29-30,34,37H,3-4,16-19,21,23H2,1-2H3,(H,35,38)/t29-,30+/m0/s1. The molecular formula is C32H40FN3O3. The lowest BCUT2D eigenvalue weighted by molar-refractivity contribution is 0.0755. The first-order chi connectivity index (χ1) is 18.9. The van der Waals surface area contributed by atoms with Crippen molar-refractivity contribution in [2.45, 2.75) is 51.7 Å². The molecule has 0 radical (unpaired) electrons. The van der Waals surface area contributed by atoms with Gasteiger partial charge in [0.15, 0.2) is 0 Å². The Morgan fingerprint density at radius 1 is 0.872 bits per heavy atom. The summed E-state index contributed by atoms with van der Waals surface area (Å²) < 4.78 is 13.4. The zero-order valence-electron chi connectivity index (χ0n) is 22.9. The molecule has 0 heterocycles. The number of aliphatic hydroxyl groups is 1. The van der Waals surface area contributed by atoms with Gasteiger partial charge in [0.2, 0.25) is 0 Å². The molecule has 208 valence electrons. The van der Waals surface area contributed by atoms with Crippen molar-refractivity contribution in [1.82, 2.24) is 15.5 Å². The molecule has 7 heteroatoms. The highest BCUT2D eigenvalue weighted by atomic mass is 19.1. The number of hydrogen-bond donors (Lipinski definition) is 3. The number of nitrogens with one attached hydrogen (secondary N) is 2. The number of amides is 2. The topological polar surface area (TPSA) is 81.7 Å².